The molecule has 0 unspecified atom stereocenters. The van der Waals surface area contributed by atoms with Crippen LogP contribution in [0.2, 0.25) is 0 Å². The van der Waals surface area contributed by atoms with Gasteiger partial charge in [-0.2, -0.15) is 4.31 Å². The highest BCUT2D eigenvalue weighted by Crippen LogP contribution is 2.27. The van der Waals surface area contributed by atoms with Gasteiger partial charge < -0.3 is 13.8 Å². The average molecular weight is 417 g/mol. The fraction of sp³-hybridized carbons (Fsp3) is 0.400. The molecule has 154 valence electrons. The highest BCUT2D eigenvalue weighted by molar-refractivity contribution is 7.89. The molecule has 1 saturated heterocycles. The first-order chi connectivity index (χ1) is 13.8. The Morgan fingerprint density at radius 1 is 1.07 bits per heavy atom. The van der Waals surface area contributed by atoms with Gasteiger partial charge in [-0.15, -0.1) is 0 Å². The molecule has 29 heavy (non-hydrogen) atoms. The zero-order chi connectivity index (χ0) is 20.8. The summed E-state index contributed by atoms with van der Waals surface area (Å²) in [5, 5.41) is 4.67. The number of hydrogen-bond acceptors (Lipinski definition) is 6. The zero-order valence-corrected chi connectivity index (χ0v) is 17.5. The predicted octanol–water partition coefficient (Wildman–Crippen LogP) is 2.88. The van der Waals surface area contributed by atoms with Gasteiger partial charge in [0.15, 0.2) is 11.5 Å². The normalized spacial score (nSPS) is 16.3. The summed E-state index contributed by atoms with van der Waals surface area (Å²) in [5.41, 5.74) is 1.82. The molecule has 1 aromatic carbocycles. The van der Waals surface area contributed by atoms with Crippen LogP contribution in [0.1, 0.15) is 34.0 Å². The number of fused-ring (bicyclic) bond motifs is 1. The van der Waals surface area contributed by atoms with Crippen LogP contribution in [0.5, 0.6) is 0 Å². The SMILES string of the molecule is Cc1noc(C)c1S(=O)(=O)N1CCCN(C(=O)c2oc3ccccc3c2C)CC1. The van der Waals surface area contributed by atoms with E-state index in [9.17, 15) is 13.2 Å². The molecule has 0 saturated carbocycles. The van der Waals surface area contributed by atoms with Crippen LogP contribution in [0.25, 0.3) is 11.0 Å². The Morgan fingerprint density at radius 3 is 2.52 bits per heavy atom. The topological polar surface area (TPSA) is 96.9 Å². The van der Waals surface area contributed by atoms with Crippen LogP contribution < -0.4 is 0 Å². The summed E-state index contributed by atoms with van der Waals surface area (Å²) >= 11 is 0. The minimum Gasteiger partial charge on any atom is -0.451 e. The van der Waals surface area contributed by atoms with E-state index in [1.165, 1.54) is 4.31 Å². The Hall–Kier alpha value is -2.65. The second-order valence-electron chi connectivity index (χ2n) is 7.26. The van der Waals surface area contributed by atoms with Gasteiger partial charge in [-0.3, -0.25) is 4.79 Å². The van der Waals surface area contributed by atoms with Crippen LogP contribution in [0.4, 0.5) is 0 Å². The molecule has 0 atom stereocenters. The van der Waals surface area contributed by atoms with E-state index in [4.69, 9.17) is 8.94 Å². The number of rotatable bonds is 3. The first-order valence-electron chi connectivity index (χ1n) is 9.51. The second kappa shape index (κ2) is 7.31. The van der Waals surface area contributed by atoms with Gasteiger partial charge in [0.2, 0.25) is 10.0 Å². The third-order valence-electron chi connectivity index (χ3n) is 5.35. The molecule has 3 aromatic rings. The van der Waals surface area contributed by atoms with Crippen LogP contribution in [0.15, 0.2) is 38.1 Å². The number of carbonyl (C=O) groups excluding carboxylic acids is 1. The van der Waals surface area contributed by atoms with Gasteiger partial charge in [0, 0.05) is 37.1 Å². The van der Waals surface area contributed by atoms with E-state index < -0.39 is 10.0 Å². The van der Waals surface area contributed by atoms with Crippen LogP contribution in [0.3, 0.4) is 0 Å². The highest BCUT2D eigenvalue weighted by Gasteiger charge is 2.33. The van der Waals surface area contributed by atoms with E-state index in [0.29, 0.717) is 36.5 Å². The van der Waals surface area contributed by atoms with Crippen molar-refractivity contribution in [1.82, 2.24) is 14.4 Å². The third kappa shape index (κ3) is 3.34. The number of nitrogens with zero attached hydrogens (tertiary/aromatic N) is 3. The Bertz CT molecular complexity index is 1160. The van der Waals surface area contributed by atoms with E-state index in [-0.39, 0.29) is 29.7 Å². The molecule has 0 N–H and O–H groups in total. The van der Waals surface area contributed by atoms with Gasteiger partial charge >= 0.3 is 0 Å². The van der Waals surface area contributed by atoms with Crippen molar-refractivity contribution >= 4 is 26.9 Å². The van der Waals surface area contributed by atoms with E-state index in [0.717, 1.165) is 10.9 Å². The number of para-hydroxylation sites is 1. The molecule has 8 nitrogen and oxygen atoms in total. The molecule has 4 rings (SSSR count). The number of amides is 1. The molecule has 1 aliphatic heterocycles. The van der Waals surface area contributed by atoms with E-state index in [1.807, 2.05) is 31.2 Å². The van der Waals surface area contributed by atoms with Gasteiger partial charge in [0.25, 0.3) is 5.91 Å². The lowest BCUT2D eigenvalue weighted by molar-refractivity contribution is 0.0733. The lowest BCUT2D eigenvalue weighted by Crippen LogP contribution is -2.37. The molecular weight excluding hydrogens is 394 g/mol. The van der Waals surface area contributed by atoms with Crippen molar-refractivity contribution in [3.05, 3.63) is 47.0 Å². The van der Waals surface area contributed by atoms with Crippen molar-refractivity contribution in [2.24, 2.45) is 0 Å². The van der Waals surface area contributed by atoms with Crippen molar-refractivity contribution in [2.45, 2.75) is 32.1 Å². The smallest absolute Gasteiger partial charge is 0.289 e. The molecule has 0 bridgehead atoms. The van der Waals surface area contributed by atoms with Gasteiger partial charge in [-0.25, -0.2) is 8.42 Å². The first kappa shape index (κ1) is 19.7. The molecule has 3 heterocycles. The minimum atomic E-state index is -3.73. The van der Waals surface area contributed by atoms with Crippen molar-refractivity contribution in [1.29, 1.82) is 0 Å². The Labute approximate surface area is 169 Å². The summed E-state index contributed by atoms with van der Waals surface area (Å²) in [4.78, 5) is 14.9. The Balaban J connectivity index is 1.56. The Morgan fingerprint density at radius 2 is 1.83 bits per heavy atom. The molecule has 0 spiro atoms. The Kier molecular flexibility index (Phi) is 4.95. The number of carbonyl (C=O) groups is 1. The molecule has 1 aliphatic rings. The monoisotopic (exact) mass is 417 g/mol. The molecule has 0 radical (unpaired) electrons. The zero-order valence-electron chi connectivity index (χ0n) is 16.6. The van der Waals surface area contributed by atoms with Gasteiger partial charge in [-0.05, 0) is 33.3 Å². The molecule has 0 aliphatic carbocycles. The van der Waals surface area contributed by atoms with Crippen molar-refractivity contribution in [2.75, 3.05) is 26.2 Å². The number of aryl methyl sites for hydroxylation is 3. The molecular formula is C20H23N3O5S. The third-order valence-corrected chi connectivity index (χ3v) is 7.49. The quantitative estimate of drug-likeness (QED) is 0.650. The van der Waals surface area contributed by atoms with Crippen LogP contribution in [-0.2, 0) is 10.0 Å². The second-order valence-corrected chi connectivity index (χ2v) is 9.13. The molecule has 1 amide bonds. The first-order valence-corrected chi connectivity index (χ1v) is 10.9. The maximum absolute atomic E-state index is 13.1. The number of sulfonamides is 1. The standard InChI is InChI=1S/C20H23N3O5S/c1-13-16-7-4-5-8-17(16)27-18(13)20(24)22-9-6-10-23(12-11-22)29(25,26)19-14(2)21-28-15(19)3/h4-5,7-8H,6,9-12H2,1-3H3. The van der Waals surface area contributed by atoms with E-state index in [1.54, 1.807) is 18.7 Å². The van der Waals surface area contributed by atoms with Crippen LogP contribution in [0, 0.1) is 20.8 Å². The van der Waals surface area contributed by atoms with Gasteiger partial charge in [0.05, 0.1) is 0 Å². The maximum Gasteiger partial charge on any atom is 0.289 e. The number of furan rings is 1. The number of aromatic nitrogens is 1. The predicted molar refractivity (Wildman–Crippen MR) is 106 cm³/mol. The number of hydrogen-bond donors (Lipinski definition) is 0. The maximum atomic E-state index is 13.1. The fourth-order valence-corrected chi connectivity index (χ4v) is 5.59. The van der Waals surface area contributed by atoms with Crippen LogP contribution >= 0.6 is 0 Å². The molecule has 2 aromatic heterocycles. The molecule has 1 fully saturated rings. The summed E-state index contributed by atoms with van der Waals surface area (Å²) in [7, 11) is -3.73. The van der Waals surface area contributed by atoms with E-state index in [2.05, 4.69) is 5.16 Å². The van der Waals surface area contributed by atoms with Gasteiger partial charge in [0.1, 0.15) is 16.2 Å². The minimum absolute atomic E-state index is 0.116. The largest absolute Gasteiger partial charge is 0.451 e. The summed E-state index contributed by atoms with van der Waals surface area (Å²) < 4.78 is 38.4. The van der Waals surface area contributed by atoms with Gasteiger partial charge in [-0.1, -0.05) is 23.4 Å². The van der Waals surface area contributed by atoms with Crippen molar-refractivity contribution < 1.29 is 22.2 Å². The highest BCUT2D eigenvalue weighted by atomic mass is 32.2. The van der Waals surface area contributed by atoms with E-state index >= 15 is 0 Å². The average Bonchev–Trinajstić information content (AvgIpc) is 3.09. The molecule has 9 heteroatoms. The van der Waals surface area contributed by atoms with Crippen molar-refractivity contribution in [3.8, 4) is 0 Å². The van der Waals surface area contributed by atoms with Crippen molar-refractivity contribution in [3.63, 3.8) is 0 Å². The summed E-state index contributed by atoms with van der Waals surface area (Å²) in [6, 6.07) is 7.52. The summed E-state index contributed by atoms with van der Waals surface area (Å²) in [6.07, 6.45) is 0.535. The number of benzene rings is 1. The fourth-order valence-electron chi connectivity index (χ4n) is 3.83. The lowest BCUT2D eigenvalue weighted by atomic mass is 10.1. The summed E-state index contributed by atoms with van der Waals surface area (Å²) in [5.74, 6) is 0.376. The summed E-state index contributed by atoms with van der Waals surface area (Å²) in [6.45, 7) is 6.35. The lowest BCUT2D eigenvalue weighted by Gasteiger charge is -2.21. The van der Waals surface area contributed by atoms with Crippen LogP contribution in [-0.4, -0.2) is 54.9 Å².